The van der Waals surface area contributed by atoms with Gasteiger partial charge >= 0.3 is 7.12 Å². The molecule has 0 amide bonds. The van der Waals surface area contributed by atoms with E-state index in [0.717, 1.165) is 5.82 Å². The number of aryl methyl sites for hydroxylation is 1. The van der Waals surface area contributed by atoms with Gasteiger partial charge in [-0.3, -0.25) is 0 Å². The molecule has 18 heavy (non-hydrogen) atoms. The number of aromatic nitrogens is 2. The Morgan fingerprint density at radius 1 is 1.33 bits per heavy atom. The van der Waals surface area contributed by atoms with Gasteiger partial charge < -0.3 is 19.4 Å². The fraction of sp³-hybridized carbons (Fsp3) is 0.250. The molecule has 0 aliphatic carbocycles. The Balaban J connectivity index is 1.96. The average molecular weight is 246 g/mol. The summed E-state index contributed by atoms with van der Waals surface area (Å²) in [6, 6.07) is 6.87. The third-order valence-electron chi connectivity index (χ3n) is 2.70. The van der Waals surface area contributed by atoms with Gasteiger partial charge in [-0.15, -0.1) is 0 Å². The third kappa shape index (κ3) is 2.91. The van der Waals surface area contributed by atoms with Gasteiger partial charge in [-0.05, 0) is 6.07 Å². The van der Waals surface area contributed by atoms with Crippen LogP contribution in [-0.2, 0) is 13.5 Å². The number of rotatable bonds is 5. The van der Waals surface area contributed by atoms with Crippen molar-refractivity contribution in [2.75, 3.05) is 6.61 Å². The lowest BCUT2D eigenvalue weighted by atomic mass is 9.79. The second-order valence-corrected chi connectivity index (χ2v) is 3.96. The van der Waals surface area contributed by atoms with Crippen LogP contribution in [0.15, 0.2) is 36.7 Å². The molecular formula is C12H15BN2O3. The molecular weight excluding hydrogens is 231 g/mol. The molecule has 2 N–H and O–H groups in total. The van der Waals surface area contributed by atoms with Crippen molar-refractivity contribution in [2.45, 2.75) is 6.42 Å². The van der Waals surface area contributed by atoms with E-state index < -0.39 is 7.12 Å². The average Bonchev–Trinajstić information content (AvgIpc) is 2.76. The maximum absolute atomic E-state index is 9.19. The predicted molar refractivity (Wildman–Crippen MR) is 68.7 cm³/mol. The smallest absolute Gasteiger partial charge is 0.492 e. The highest BCUT2D eigenvalue weighted by atomic mass is 16.5. The summed E-state index contributed by atoms with van der Waals surface area (Å²) in [7, 11) is 0.405. The highest BCUT2D eigenvalue weighted by Crippen LogP contribution is 2.07. The molecule has 5 nitrogen and oxygen atoms in total. The highest BCUT2D eigenvalue weighted by Gasteiger charge is 2.16. The molecule has 0 fully saturated rings. The first kappa shape index (κ1) is 12.7. The van der Waals surface area contributed by atoms with Gasteiger partial charge in [0.2, 0.25) is 0 Å². The van der Waals surface area contributed by atoms with E-state index in [1.54, 1.807) is 30.5 Å². The van der Waals surface area contributed by atoms with Crippen LogP contribution in [0.5, 0.6) is 5.75 Å². The third-order valence-corrected chi connectivity index (χ3v) is 2.70. The summed E-state index contributed by atoms with van der Waals surface area (Å²) in [5, 5.41) is 18.4. The van der Waals surface area contributed by atoms with Crippen LogP contribution in [0, 0.1) is 0 Å². The van der Waals surface area contributed by atoms with E-state index in [4.69, 9.17) is 4.74 Å². The molecule has 0 bridgehead atoms. The Hall–Kier alpha value is -1.79. The van der Waals surface area contributed by atoms with Crippen LogP contribution in [0.1, 0.15) is 5.82 Å². The second-order valence-electron chi connectivity index (χ2n) is 3.96. The molecule has 0 spiro atoms. The summed E-state index contributed by atoms with van der Waals surface area (Å²) in [5.41, 5.74) is 0.373. The summed E-state index contributed by atoms with van der Waals surface area (Å²) in [6.45, 7) is 0.439. The van der Waals surface area contributed by atoms with Gasteiger partial charge in [0, 0.05) is 31.3 Å². The molecule has 6 heteroatoms. The van der Waals surface area contributed by atoms with E-state index in [9.17, 15) is 10.0 Å². The molecule has 0 unspecified atom stereocenters. The van der Waals surface area contributed by atoms with Crippen LogP contribution in [0.2, 0.25) is 0 Å². The maximum atomic E-state index is 9.19. The van der Waals surface area contributed by atoms with Crippen molar-refractivity contribution in [3.05, 3.63) is 42.5 Å². The number of benzene rings is 1. The molecule has 0 saturated heterocycles. The van der Waals surface area contributed by atoms with E-state index in [2.05, 4.69) is 4.98 Å². The standard InChI is InChI=1S/C12H15BN2O3/c1-15-8-7-14-12(15)6-9-18-11-5-3-2-4-10(11)13(16)17/h2-5,7-8,16-17H,6,9H2,1H3. The minimum Gasteiger partial charge on any atom is -0.493 e. The van der Waals surface area contributed by atoms with E-state index >= 15 is 0 Å². The molecule has 1 aromatic carbocycles. The zero-order chi connectivity index (χ0) is 13.0. The molecule has 0 radical (unpaired) electrons. The van der Waals surface area contributed by atoms with Crippen molar-refractivity contribution >= 4 is 12.6 Å². The molecule has 2 aromatic rings. The van der Waals surface area contributed by atoms with E-state index in [-0.39, 0.29) is 0 Å². The van der Waals surface area contributed by atoms with E-state index in [0.29, 0.717) is 24.2 Å². The molecule has 0 atom stereocenters. The van der Waals surface area contributed by atoms with Gasteiger partial charge in [0.1, 0.15) is 11.6 Å². The summed E-state index contributed by atoms with van der Waals surface area (Å²) < 4.78 is 7.48. The lowest BCUT2D eigenvalue weighted by Crippen LogP contribution is -2.31. The zero-order valence-corrected chi connectivity index (χ0v) is 10.2. The van der Waals surface area contributed by atoms with Gasteiger partial charge in [-0.25, -0.2) is 4.98 Å². The van der Waals surface area contributed by atoms with Crippen LogP contribution in [0.4, 0.5) is 0 Å². The largest absolute Gasteiger partial charge is 0.493 e. The van der Waals surface area contributed by atoms with Crippen molar-refractivity contribution in [2.24, 2.45) is 7.05 Å². The molecule has 2 rings (SSSR count). The number of ether oxygens (including phenoxy) is 1. The SMILES string of the molecule is Cn1ccnc1CCOc1ccccc1B(O)O. The minimum atomic E-state index is -1.52. The molecule has 0 aliphatic heterocycles. The zero-order valence-electron chi connectivity index (χ0n) is 10.2. The Labute approximate surface area is 106 Å². The lowest BCUT2D eigenvalue weighted by Gasteiger charge is -2.10. The molecule has 0 aliphatic rings. The fourth-order valence-electron chi connectivity index (χ4n) is 1.71. The van der Waals surface area contributed by atoms with Crippen molar-refractivity contribution in [1.82, 2.24) is 9.55 Å². The number of hydrogen-bond acceptors (Lipinski definition) is 4. The van der Waals surface area contributed by atoms with E-state index in [1.807, 2.05) is 17.8 Å². The first-order valence-electron chi connectivity index (χ1n) is 5.72. The summed E-state index contributed by atoms with van der Waals surface area (Å²) in [6.07, 6.45) is 4.28. The van der Waals surface area contributed by atoms with Crippen LogP contribution >= 0.6 is 0 Å². The van der Waals surface area contributed by atoms with Crippen LogP contribution in [0.25, 0.3) is 0 Å². The van der Waals surface area contributed by atoms with Gasteiger partial charge in [-0.2, -0.15) is 0 Å². The van der Waals surface area contributed by atoms with Gasteiger partial charge in [0.25, 0.3) is 0 Å². The summed E-state index contributed by atoms with van der Waals surface area (Å²) in [4.78, 5) is 4.19. The quantitative estimate of drug-likeness (QED) is 0.712. The first-order valence-corrected chi connectivity index (χ1v) is 5.72. The number of nitrogens with zero attached hydrogens (tertiary/aromatic N) is 2. The Morgan fingerprint density at radius 2 is 2.11 bits per heavy atom. The monoisotopic (exact) mass is 246 g/mol. The number of para-hydroxylation sites is 1. The molecule has 0 saturated carbocycles. The number of imidazole rings is 1. The van der Waals surface area contributed by atoms with Crippen molar-refractivity contribution in [3.63, 3.8) is 0 Å². The normalized spacial score (nSPS) is 10.4. The number of hydrogen-bond donors (Lipinski definition) is 2. The van der Waals surface area contributed by atoms with E-state index in [1.165, 1.54) is 0 Å². The Kier molecular flexibility index (Phi) is 4.01. The summed E-state index contributed by atoms with van der Waals surface area (Å²) in [5.74, 6) is 1.42. The molecule has 1 heterocycles. The highest BCUT2D eigenvalue weighted by molar-refractivity contribution is 6.59. The summed E-state index contributed by atoms with van der Waals surface area (Å²) >= 11 is 0. The van der Waals surface area contributed by atoms with Crippen molar-refractivity contribution < 1.29 is 14.8 Å². The molecule has 94 valence electrons. The second kappa shape index (κ2) is 5.70. The fourth-order valence-corrected chi connectivity index (χ4v) is 1.71. The van der Waals surface area contributed by atoms with Crippen LogP contribution < -0.4 is 10.2 Å². The molecule has 1 aromatic heterocycles. The van der Waals surface area contributed by atoms with Gasteiger partial charge in [0.05, 0.1) is 6.61 Å². The Bertz CT molecular complexity index is 514. The Morgan fingerprint density at radius 3 is 2.78 bits per heavy atom. The van der Waals surface area contributed by atoms with Crippen LogP contribution in [0.3, 0.4) is 0 Å². The first-order chi connectivity index (χ1) is 8.68. The predicted octanol–water partition coefficient (Wildman–Crippen LogP) is -0.279. The van der Waals surface area contributed by atoms with Gasteiger partial charge in [0.15, 0.2) is 0 Å². The van der Waals surface area contributed by atoms with Crippen LogP contribution in [-0.4, -0.2) is 33.3 Å². The van der Waals surface area contributed by atoms with Crippen molar-refractivity contribution in [1.29, 1.82) is 0 Å². The lowest BCUT2D eigenvalue weighted by molar-refractivity contribution is 0.318. The van der Waals surface area contributed by atoms with Gasteiger partial charge in [-0.1, -0.05) is 18.2 Å². The topological polar surface area (TPSA) is 67.5 Å². The minimum absolute atomic E-state index is 0.373. The van der Waals surface area contributed by atoms with Crippen molar-refractivity contribution in [3.8, 4) is 5.75 Å². The maximum Gasteiger partial charge on any atom is 0.492 e.